The number of carbonyl (C=O) groups is 2. The Morgan fingerprint density at radius 1 is 0.963 bits per heavy atom. The number of amides is 3. The lowest BCUT2D eigenvalue weighted by Gasteiger charge is -2.18. The van der Waals surface area contributed by atoms with E-state index in [1.165, 1.54) is 0 Å². The quantitative estimate of drug-likeness (QED) is 0.555. The zero-order valence-corrected chi connectivity index (χ0v) is 14.9. The van der Waals surface area contributed by atoms with Crippen LogP contribution in [0, 0.1) is 0 Å². The Bertz CT molecular complexity index is 1020. The summed E-state index contributed by atoms with van der Waals surface area (Å²) in [5, 5.41) is 5.54. The SMILES string of the molecule is O=C1Nc2ccccc2Oc2ccc(N(S)C(=O)Nc3ccccc3)cc21. The number of nitrogens with zero attached hydrogens (tertiary/aromatic N) is 1. The van der Waals surface area contributed by atoms with Gasteiger partial charge in [0.05, 0.1) is 16.9 Å². The number of hydrogen-bond donors (Lipinski definition) is 3. The molecule has 0 saturated heterocycles. The van der Waals surface area contributed by atoms with Crippen LogP contribution in [0.25, 0.3) is 0 Å². The van der Waals surface area contributed by atoms with Crippen LogP contribution in [0.3, 0.4) is 0 Å². The van der Waals surface area contributed by atoms with Crippen molar-refractivity contribution in [3.8, 4) is 11.5 Å². The number of urea groups is 1. The van der Waals surface area contributed by atoms with Gasteiger partial charge in [0.1, 0.15) is 5.75 Å². The van der Waals surface area contributed by atoms with E-state index >= 15 is 0 Å². The number of nitrogens with one attached hydrogen (secondary N) is 2. The molecule has 3 aromatic carbocycles. The number of anilines is 3. The van der Waals surface area contributed by atoms with Crippen molar-refractivity contribution in [1.82, 2.24) is 0 Å². The van der Waals surface area contributed by atoms with Crippen LogP contribution in [-0.4, -0.2) is 11.9 Å². The van der Waals surface area contributed by atoms with E-state index in [0.29, 0.717) is 34.1 Å². The molecule has 3 aromatic rings. The monoisotopic (exact) mass is 377 g/mol. The number of carbonyl (C=O) groups excluding carboxylic acids is 2. The topological polar surface area (TPSA) is 70.7 Å². The van der Waals surface area contributed by atoms with Crippen LogP contribution in [-0.2, 0) is 0 Å². The molecule has 0 saturated carbocycles. The van der Waals surface area contributed by atoms with Crippen LogP contribution in [0.15, 0.2) is 72.8 Å². The second-order valence-electron chi connectivity index (χ2n) is 5.84. The Morgan fingerprint density at radius 2 is 1.70 bits per heavy atom. The Labute approximate surface area is 161 Å². The van der Waals surface area contributed by atoms with E-state index in [2.05, 4.69) is 23.4 Å². The number of ether oxygens (including phenoxy) is 1. The summed E-state index contributed by atoms with van der Waals surface area (Å²) >= 11 is 4.27. The molecule has 0 atom stereocenters. The normalized spacial score (nSPS) is 12.0. The minimum absolute atomic E-state index is 0.315. The number of hydrogen-bond acceptors (Lipinski definition) is 4. The lowest BCUT2D eigenvalue weighted by Crippen LogP contribution is -2.27. The van der Waals surface area contributed by atoms with Crippen molar-refractivity contribution in [1.29, 1.82) is 0 Å². The summed E-state index contributed by atoms with van der Waals surface area (Å²) in [5.74, 6) is 0.648. The summed E-state index contributed by atoms with van der Waals surface area (Å²) in [6.45, 7) is 0. The summed E-state index contributed by atoms with van der Waals surface area (Å²) in [6.07, 6.45) is 0. The van der Waals surface area contributed by atoms with Crippen molar-refractivity contribution in [3.05, 3.63) is 78.4 Å². The van der Waals surface area contributed by atoms with Crippen molar-refractivity contribution in [2.75, 3.05) is 14.9 Å². The lowest BCUT2D eigenvalue weighted by molar-refractivity contribution is 0.102. The van der Waals surface area contributed by atoms with Crippen LogP contribution in [0.2, 0.25) is 0 Å². The smallest absolute Gasteiger partial charge is 0.336 e. The Kier molecular flexibility index (Phi) is 4.43. The fourth-order valence-corrected chi connectivity index (χ4v) is 2.87. The third-order valence-electron chi connectivity index (χ3n) is 4.02. The largest absolute Gasteiger partial charge is 0.454 e. The number of para-hydroxylation sites is 3. The summed E-state index contributed by atoms with van der Waals surface area (Å²) in [5.41, 5.74) is 1.99. The van der Waals surface area contributed by atoms with Gasteiger partial charge in [0.2, 0.25) is 0 Å². The van der Waals surface area contributed by atoms with E-state index in [-0.39, 0.29) is 5.91 Å². The molecule has 134 valence electrons. The Balaban J connectivity index is 1.60. The molecule has 2 N–H and O–H groups in total. The van der Waals surface area contributed by atoms with Crippen molar-refractivity contribution >= 4 is 41.8 Å². The van der Waals surface area contributed by atoms with Crippen LogP contribution in [0.1, 0.15) is 10.4 Å². The van der Waals surface area contributed by atoms with Gasteiger partial charge in [-0.25, -0.2) is 9.10 Å². The highest BCUT2D eigenvalue weighted by Crippen LogP contribution is 2.37. The Hall–Kier alpha value is -3.45. The highest BCUT2D eigenvalue weighted by Gasteiger charge is 2.23. The second-order valence-corrected chi connectivity index (χ2v) is 6.24. The average Bonchev–Trinajstić information content (AvgIpc) is 2.83. The minimum atomic E-state index is -0.442. The van der Waals surface area contributed by atoms with Gasteiger partial charge in [0.25, 0.3) is 5.91 Å². The number of benzene rings is 3. The molecule has 0 fully saturated rings. The first-order chi connectivity index (χ1) is 13.1. The van der Waals surface area contributed by atoms with Gasteiger partial charge < -0.3 is 15.4 Å². The Morgan fingerprint density at radius 3 is 2.52 bits per heavy atom. The molecule has 7 heteroatoms. The lowest BCUT2D eigenvalue weighted by atomic mass is 10.1. The predicted octanol–water partition coefficient (Wildman–Crippen LogP) is 4.93. The van der Waals surface area contributed by atoms with E-state index in [4.69, 9.17) is 4.74 Å². The van der Waals surface area contributed by atoms with Gasteiger partial charge in [-0.3, -0.25) is 4.79 Å². The van der Waals surface area contributed by atoms with Gasteiger partial charge in [-0.15, -0.1) is 0 Å². The molecule has 3 amide bonds. The maximum Gasteiger partial charge on any atom is 0.336 e. The fourth-order valence-electron chi connectivity index (χ4n) is 2.70. The molecule has 6 nitrogen and oxygen atoms in total. The molecule has 0 unspecified atom stereocenters. The standard InChI is InChI=1S/C20H15N3O3S/c24-19-15-12-14(23(27)20(25)21-13-6-2-1-3-7-13)10-11-17(15)26-18-9-5-4-8-16(18)22-19/h1-12,27H,(H,21,25)(H,22,24). The molecule has 1 heterocycles. The number of fused-ring (bicyclic) bond motifs is 2. The van der Waals surface area contributed by atoms with Gasteiger partial charge in [0, 0.05) is 5.69 Å². The van der Waals surface area contributed by atoms with Crippen LogP contribution in [0.5, 0.6) is 11.5 Å². The zero-order chi connectivity index (χ0) is 18.8. The zero-order valence-electron chi connectivity index (χ0n) is 14.0. The number of rotatable bonds is 2. The first-order valence-corrected chi connectivity index (χ1v) is 8.59. The molecule has 1 aliphatic rings. The molecule has 27 heavy (non-hydrogen) atoms. The van der Waals surface area contributed by atoms with Crippen molar-refractivity contribution < 1.29 is 14.3 Å². The minimum Gasteiger partial charge on any atom is -0.454 e. The van der Waals surface area contributed by atoms with Gasteiger partial charge in [-0.1, -0.05) is 43.1 Å². The van der Waals surface area contributed by atoms with Crippen molar-refractivity contribution in [2.45, 2.75) is 0 Å². The van der Waals surface area contributed by atoms with E-state index < -0.39 is 6.03 Å². The molecule has 1 aliphatic heterocycles. The predicted molar refractivity (Wildman–Crippen MR) is 108 cm³/mol. The molecular formula is C20H15N3O3S. The van der Waals surface area contributed by atoms with Gasteiger partial charge in [0.15, 0.2) is 5.75 Å². The van der Waals surface area contributed by atoms with Crippen LogP contribution < -0.4 is 19.7 Å². The van der Waals surface area contributed by atoms with E-state index in [1.807, 2.05) is 30.3 Å². The highest BCUT2D eigenvalue weighted by atomic mass is 32.1. The van der Waals surface area contributed by atoms with Gasteiger partial charge in [-0.05, 0) is 42.5 Å². The van der Waals surface area contributed by atoms with E-state index in [9.17, 15) is 9.59 Å². The molecule has 0 bridgehead atoms. The first-order valence-electron chi connectivity index (χ1n) is 8.19. The average molecular weight is 377 g/mol. The van der Waals surface area contributed by atoms with E-state index in [0.717, 1.165) is 4.31 Å². The van der Waals surface area contributed by atoms with Crippen molar-refractivity contribution in [2.24, 2.45) is 0 Å². The molecule has 4 rings (SSSR count). The summed E-state index contributed by atoms with van der Waals surface area (Å²) < 4.78 is 6.97. The molecule has 0 aliphatic carbocycles. The maximum atomic E-state index is 12.6. The highest BCUT2D eigenvalue weighted by molar-refractivity contribution is 7.82. The second kappa shape index (κ2) is 7.05. The fraction of sp³-hybridized carbons (Fsp3) is 0. The van der Waals surface area contributed by atoms with Crippen molar-refractivity contribution in [3.63, 3.8) is 0 Å². The van der Waals surface area contributed by atoms with Gasteiger partial charge >= 0.3 is 6.03 Å². The van der Waals surface area contributed by atoms with E-state index in [1.54, 1.807) is 42.5 Å². The van der Waals surface area contributed by atoms with Crippen LogP contribution >= 0.6 is 12.8 Å². The maximum absolute atomic E-state index is 12.6. The summed E-state index contributed by atoms with van der Waals surface area (Å²) in [7, 11) is 0. The third-order valence-corrected chi connectivity index (χ3v) is 4.44. The molecular weight excluding hydrogens is 362 g/mol. The summed E-state index contributed by atoms with van der Waals surface area (Å²) in [6, 6.07) is 20.7. The van der Waals surface area contributed by atoms with Crippen LogP contribution in [0.4, 0.5) is 21.9 Å². The molecule has 0 aromatic heterocycles. The van der Waals surface area contributed by atoms with Gasteiger partial charge in [-0.2, -0.15) is 0 Å². The molecule has 0 spiro atoms. The first kappa shape index (κ1) is 17.0. The summed E-state index contributed by atoms with van der Waals surface area (Å²) in [4.78, 5) is 25.0. The molecule has 0 radical (unpaired) electrons. The third kappa shape index (κ3) is 3.45. The number of thiol groups is 1.